The maximum atomic E-state index is 10.8. The Hall–Kier alpha value is -1.65. The lowest BCUT2D eigenvalue weighted by Gasteiger charge is -2.27. The highest BCUT2D eigenvalue weighted by atomic mass is 127. The van der Waals surface area contributed by atoms with Crippen LogP contribution >= 0.6 is 24.0 Å². The van der Waals surface area contributed by atoms with Gasteiger partial charge in [0.05, 0.1) is 18.8 Å². The van der Waals surface area contributed by atoms with E-state index in [1.165, 1.54) is 11.1 Å². The number of aliphatic imine (C=N–C) groups is 1. The lowest BCUT2D eigenvalue weighted by Crippen LogP contribution is -2.42. The summed E-state index contributed by atoms with van der Waals surface area (Å²) in [7, 11) is 6.00. The van der Waals surface area contributed by atoms with Crippen molar-refractivity contribution in [3.8, 4) is 0 Å². The number of benzene rings is 1. The topological polar surface area (TPSA) is 77.7 Å². The second-order valence-electron chi connectivity index (χ2n) is 7.83. The van der Waals surface area contributed by atoms with Gasteiger partial charge in [-0.2, -0.15) is 5.10 Å². The Kier molecular flexibility index (Phi) is 10.8. The van der Waals surface area contributed by atoms with Crippen molar-refractivity contribution in [1.29, 1.82) is 0 Å². The number of nitrogens with zero attached hydrogens (tertiary/aromatic N) is 4. The minimum atomic E-state index is -1.08. The highest BCUT2D eigenvalue weighted by Gasteiger charge is 2.24. The third-order valence-corrected chi connectivity index (χ3v) is 5.07. The first kappa shape index (κ1) is 26.4. The van der Waals surface area contributed by atoms with E-state index in [4.69, 9.17) is 0 Å². The molecule has 1 aromatic carbocycles. The molecule has 1 heterocycles. The molecular formula is C22H37IN6O. The monoisotopic (exact) mass is 528 g/mol. The zero-order chi connectivity index (χ0) is 21.4. The number of likely N-dealkylation sites (N-methyl/N-ethyl adjacent to an activating group) is 1. The van der Waals surface area contributed by atoms with Gasteiger partial charge in [-0.3, -0.25) is 4.68 Å². The molecule has 2 unspecified atom stereocenters. The molecule has 7 nitrogen and oxygen atoms in total. The van der Waals surface area contributed by atoms with Crippen molar-refractivity contribution in [3.05, 3.63) is 53.3 Å². The van der Waals surface area contributed by atoms with Crippen LogP contribution in [0.4, 0.5) is 0 Å². The molecule has 0 fully saturated rings. The summed E-state index contributed by atoms with van der Waals surface area (Å²) in [5, 5.41) is 21.6. The first-order chi connectivity index (χ1) is 13.8. The molecule has 0 radical (unpaired) electrons. The standard InChI is InChI=1S/C22H36N6O.HI/c1-7-17-9-11-18(12-10-17)20(27(4)5)14-24-21(23-8-2)25-16-22(3,29)19-13-26-28(6)15-19;/h9-13,15,20,29H,7-8,14,16H2,1-6H3,(H2,23,24,25);1H. The van der Waals surface area contributed by atoms with Crippen molar-refractivity contribution in [2.45, 2.75) is 38.8 Å². The normalized spacial score (nSPS) is 14.7. The Morgan fingerprint density at radius 3 is 2.40 bits per heavy atom. The van der Waals surface area contributed by atoms with Crippen LogP contribution in [0.15, 0.2) is 41.7 Å². The summed E-state index contributed by atoms with van der Waals surface area (Å²) >= 11 is 0. The summed E-state index contributed by atoms with van der Waals surface area (Å²) in [5.74, 6) is 0.689. The van der Waals surface area contributed by atoms with Crippen LogP contribution < -0.4 is 10.6 Å². The summed E-state index contributed by atoms with van der Waals surface area (Å²) in [5.41, 5.74) is 2.28. The van der Waals surface area contributed by atoms with E-state index < -0.39 is 5.60 Å². The van der Waals surface area contributed by atoms with Crippen LogP contribution in [-0.4, -0.2) is 59.5 Å². The van der Waals surface area contributed by atoms with Gasteiger partial charge in [-0.1, -0.05) is 31.2 Å². The van der Waals surface area contributed by atoms with Crippen molar-refractivity contribution in [2.24, 2.45) is 12.0 Å². The molecule has 2 rings (SSSR count). The molecule has 2 atom stereocenters. The fraction of sp³-hybridized carbons (Fsp3) is 0.545. The number of aryl methyl sites for hydroxylation is 2. The lowest BCUT2D eigenvalue weighted by molar-refractivity contribution is 0.0671. The van der Waals surface area contributed by atoms with E-state index >= 15 is 0 Å². The molecule has 0 spiro atoms. The van der Waals surface area contributed by atoms with E-state index in [1.807, 2.05) is 20.2 Å². The van der Waals surface area contributed by atoms with E-state index in [9.17, 15) is 5.11 Å². The van der Waals surface area contributed by atoms with Crippen molar-refractivity contribution in [1.82, 2.24) is 25.3 Å². The molecule has 0 saturated heterocycles. The second kappa shape index (κ2) is 12.3. The molecule has 3 N–H and O–H groups in total. The van der Waals surface area contributed by atoms with Gasteiger partial charge in [0.15, 0.2) is 5.96 Å². The van der Waals surface area contributed by atoms with E-state index in [2.05, 4.69) is 70.9 Å². The smallest absolute Gasteiger partial charge is 0.191 e. The number of hydrogen-bond donors (Lipinski definition) is 3. The van der Waals surface area contributed by atoms with E-state index in [0.29, 0.717) is 12.5 Å². The molecule has 30 heavy (non-hydrogen) atoms. The highest BCUT2D eigenvalue weighted by Crippen LogP contribution is 2.20. The van der Waals surface area contributed by atoms with Gasteiger partial charge >= 0.3 is 0 Å². The third kappa shape index (κ3) is 7.55. The van der Waals surface area contributed by atoms with Gasteiger partial charge < -0.3 is 20.6 Å². The fourth-order valence-electron chi connectivity index (χ4n) is 3.13. The molecule has 0 bridgehead atoms. The van der Waals surface area contributed by atoms with Crippen LogP contribution in [0.3, 0.4) is 0 Å². The average molecular weight is 528 g/mol. The minimum Gasteiger partial charge on any atom is -0.383 e. The molecule has 1 aromatic heterocycles. The summed E-state index contributed by atoms with van der Waals surface area (Å²) in [6.07, 6.45) is 4.54. The quantitative estimate of drug-likeness (QED) is 0.265. The zero-order valence-corrected chi connectivity index (χ0v) is 21.3. The molecular weight excluding hydrogens is 491 g/mol. The van der Waals surface area contributed by atoms with Crippen LogP contribution in [0.1, 0.15) is 43.5 Å². The van der Waals surface area contributed by atoms with E-state index in [0.717, 1.165) is 18.5 Å². The SMILES string of the molecule is CCNC(=NCC(C)(O)c1cnn(C)c1)NCC(c1ccc(CC)cc1)N(C)C.I. The molecule has 2 aromatic rings. The molecule has 0 saturated carbocycles. The number of rotatable bonds is 9. The number of nitrogens with one attached hydrogen (secondary N) is 2. The zero-order valence-electron chi connectivity index (χ0n) is 19.0. The summed E-state index contributed by atoms with van der Waals surface area (Å²) < 4.78 is 1.68. The number of hydrogen-bond acceptors (Lipinski definition) is 4. The molecule has 8 heteroatoms. The van der Waals surface area contributed by atoms with Gasteiger partial charge in [0.1, 0.15) is 5.60 Å². The van der Waals surface area contributed by atoms with Crippen LogP contribution in [-0.2, 0) is 19.1 Å². The fourth-order valence-corrected chi connectivity index (χ4v) is 3.13. The average Bonchev–Trinajstić information content (AvgIpc) is 3.14. The van der Waals surface area contributed by atoms with Gasteiger partial charge in [0, 0.05) is 31.9 Å². The predicted molar refractivity (Wildman–Crippen MR) is 134 cm³/mol. The van der Waals surface area contributed by atoms with Crippen LogP contribution in [0, 0.1) is 0 Å². The predicted octanol–water partition coefficient (Wildman–Crippen LogP) is 2.67. The van der Waals surface area contributed by atoms with Gasteiger partial charge in [-0.15, -0.1) is 24.0 Å². The van der Waals surface area contributed by atoms with E-state index in [1.54, 1.807) is 17.8 Å². The Balaban J connectivity index is 0.00000450. The molecule has 0 aliphatic heterocycles. The van der Waals surface area contributed by atoms with Crippen molar-refractivity contribution < 1.29 is 5.11 Å². The van der Waals surface area contributed by atoms with Gasteiger partial charge in [-0.25, -0.2) is 4.99 Å². The van der Waals surface area contributed by atoms with Crippen LogP contribution in [0.5, 0.6) is 0 Å². The first-order valence-corrected chi connectivity index (χ1v) is 10.3. The number of guanidine groups is 1. The Labute approximate surface area is 198 Å². The number of aliphatic hydroxyl groups is 1. The maximum Gasteiger partial charge on any atom is 0.191 e. The van der Waals surface area contributed by atoms with Crippen LogP contribution in [0.2, 0.25) is 0 Å². The van der Waals surface area contributed by atoms with Crippen molar-refractivity contribution in [3.63, 3.8) is 0 Å². The summed E-state index contributed by atoms with van der Waals surface area (Å²) in [6.45, 7) is 7.65. The minimum absolute atomic E-state index is 0. The Morgan fingerprint density at radius 1 is 1.23 bits per heavy atom. The lowest BCUT2D eigenvalue weighted by atomic mass is 10.0. The largest absolute Gasteiger partial charge is 0.383 e. The highest BCUT2D eigenvalue weighted by molar-refractivity contribution is 14.0. The first-order valence-electron chi connectivity index (χ1n) is 10.3. The Bertz CT molecular complexity index is 785. The summed E-state index contributed by atoms with van der Waals surface area (Å²) in [6, 6.07) is 8.99. The van der Waals surface area contributed by atoms with Gasteiger partial charge in [-0.05, 0) is 45.5 Å². The molecule has 168 valence electrons. The van der Waals surface area contributed by atoms with Crippen molar-refractivity contribution >= 4 is 29.9 Å². The second-order valence-corrected chi connectivity index (χ2v) is 7.83. The third-order valence-electron chi connectivity index (χ3n) is 5.07. The summed E-state index contributed by atoms with van der Waals surface area (Å²) in [4.78, 5) is 6.81. The molecule has 0 amide bonds. The number of halogens is 1. The van der Waals surface area contributed by atoms with Crippen molar-refractivity contribution in [2.75, 3.05) is 33.7 Å². The number of aromatic nitrogens is 2. The van der Waals surface area contributed by atoms with Gasteiger partial charge in [0.2, 0.25) is 0 Å². The molecule has 0 aliphatic carbocycles. The van der Waals surface area contributed by atoms with Gasteiger partial charge in [0.25, 0.3) is 0 Å². The molecule has 0 aliphatic rings. The van der Waals surface area contributed by atoms with E-state index in [-0.39, 0.29) is 36.6 Å². The maximum absolute atomic E-state index is 10.8. The Morgan fingerprint density at radius 2 is 1.90 bits per heavy atom. The van der Waals surface area contributed by atoms with Crippen LogP contribution in [0.25, 0.3) is 0 Å².